The fourth-order valence-electron chi connectivity index (χ4n) is 4.54. The van der Waals surface area contributed by atoms with Crippen LogP contribution in [0.2, 0.25) is 0 Å². The van der Waals surface area contributed by atoms with Crippen molar-refractivity contribution in [3.05, 3.63) is 35.9 Å². The number of fused-ring (bicyclic) bond motifs is 5. The first-order valence-electron chi connectivity index (χ1n) is 9.62. The fraction of sp³-hybridized carbons (Fsp3) is 0.550. The zero-order valence-electron chi connectivity index (χ0n) is 15.7. The van der Waals surface area contributed by atoms with Gasteiger partial charge in [0.1, 0.15) is 6.54 Å². The van der Waals surface area contributed by atoms with Gasteiger partial charge in [0.2, 0.25) is 17.7 Å². The number of rotatable bonds is 7. The number of nitrogens with zero attached hydrogens (tertiary/aromatic N) is 2. The normalized spacial score (nSPS) is 27.7. The number of amides is 3. The van der Waals surface area contributed by atoms with Crippen LogP contribution < -0.4 is 5.73 Å². The third-order valence-corrected chi connectivity index (χ3v) is 5.87. The molecule has 7 nitrogen and oxygen atoms in total. The van der Waals surface area contributed by atoms with Crippen LogP contribution in [0, 0.1) is 11.8 Å². The monoisotopic (exact) mass is 407 g/mol. The van der Waals surface area contributed by atoms with Crippen LogP contribution in [0.25, 0.3) is 0 Å². The van der Waals surface area contributed by atoms with Gasteiger partial charge in [-0.05, 0) is 31.4 Å². The van der Waals surface area contributed by atoms with E-state index in [9.17, 15) is 14.4 Å². The number of imide groups is 1. The van der Waals surface area contributed by atoms with Crippen LogP contribution >= 0.6 is 12.4 Å². The summed E-state index contributed by atoms with van der Waals surface area (Å²) in [6, 6.07) is 9.67. The number of likely N-dealkylation sites (tertiary alicyclic amines) is 1. The van der Waals surface area contributed by atoms with Gasteiger partial charge in [-0.2, -0.15) is 0 Å². The summed E-state index contributed by atoms with van der Waals surface area (Å²) in [5.74, 6) is -1.50. The van der Waals surface area contributed by atoms with Crippen molar-refractivity contribution >= 4 is 30.1 Å². The highest BCUT2D eigenvalue weighted by molar-refractivity contribution is 6.08. The van der Waals surface area contributed by atoms with Crippen molar-refractivity contribution in [3.63, 3.8) is 0 Å². The van der Waals surface area contributed by atoms with Gasteiger partial charge in [0.05, 0.1) is 24.0 Å². The molecule has 0 aliphatic carbocycles. The summed E-state index contributed by atoms with van der Waals surface area (Å²) in [6.45, 7) is 1.23. The highest BCUT2D eigenvalue weighted by atomic mass is 35.5. The van der Waals surface area contributed by atoms with E-state index >= 15 is 0 Å². The fourth-order valence-corrected chi connectivity index (χ4v) is 4.54. The Morgan fingerprint density at radius 3 is 2.29 bits per heavy atom. The van der Waals surface area contributed by atoms with Crippen molar-refractivity contribution in [2.24, 2.45) is 17.6 Å². The number of carbonyl (C=O) groups is 3. The van der Waals surface area contributed by atoms with E-state index in [1.807, 2.05) is 30.3 Å². The lowest BCUT2D eigenvalue weighted by Crippen LogP contribution is -2.44. The quantitative estimate of drug-likeness (QED) is 0.679. The summed E-state index contributed by atoms with van der Waals surface area (Å²) >= 11 is 0. The smallest absolute Gasteiger partial charge is 0.243 e. The van der Waals surface area contributed by atoms with Crippen LogP contribution in [-0.2, 0) is 25.7 Å². The van der Waals surface area contributed by atoms with Gasteiger partial charge in [-0.1, -0.05) is 30.3 Å². The molecule has 3 aliphatic heterocycles. The Morgan fingerprint density at radius 2 is 1.71 bits per heavy atom. The summed E-state index contributed by atoms with van der Waals surface area (Å²) < 4.78 is 5.74. The number of hydrogen-bond acceptors (Lipinski definition) is 5. The van der Waals surface area contributed by atoms with Gasteiger partial charge in [0.25, 0.3) is 0 Å². The number of nitrogens with two attached hydrogens (primary N) is 1. The Hall–Kier alpha value is -1.96. The third-order valence-electron chi connectivity index (χ3n) is 5.87. The first-order valence-corrected chi connectivity index (χ1v) is 9.62. The second-order valence-electron chi connectivity index (χ2n) is 7.55. The van der Waals surface area contributed by atoms with Crippen LogP contribution in [0.4, 0.5) is 0 Å². The molecule has 152 valence electrons. The summed E-state index contributed by atoms with van der Waals surface area (Å²) in [7, 11) is 0. The standard InChI is InChI=1S/C20H25N3O4.ClH/c21-9-4-10-22(11-13-5-2-1-3-6-13)16(24)12-23-19(25)17-14-7-8-15(27-14)18(17)20(23)26;/h1-3,5-6,14-15,17-18H,4,7-12,21H2;1H. The molecule has 8 heteroatoms. The minimum atomic E-state index is -0.393. The molecule has 2 N–H and O–H groups in total. The second-order valence-corrected chi connectivity index (χ2v) is 7.55. The Bertz CT molecular complexity index is 716. The molecule has 4 rings (SSSR count). The van der Waals surface area contributed by atoms with Crippen LogP contribution in [-0.4, -0.2) is 59.4 Å². The van der Waals surface area contributed by atoms with Crippen molar-refractivity contribution in [1.29, 1.82) is 0 Å². The van der Waals surface area contributed by atoms with Gasteiger partial charge >= 0.3 is 0 Å². The Balaban J connectivity index is 0.00000225. The van der Waals surface area contributed by atoms with Crippen molar-refractivity contribution in [1.82, 2.24) is 9.80 Å². The number of halogens is 1. The van der Waals surface area contributed by atoms with Crippen LogP contribution in [0.1, 0.15) is 24.8 Å². The first-order chi connectivity index (χ1) is 13.1. The van der Waals surface area contributed by atoms with Crippen molar-refractivity contribution < 1.29 is 19.1 Å². The third kappa shape index (κ3) is 3.66. The minimum Gasteiger partial charge on any atom is -0.373 e. The molecule has 4 unspecified atom stereocenters. The highest BCUT2D eigenvalue weighted by Crippen LogP contribution is 2.48. The van der Waals surface area contributed by atoms with Gasteiger partial charge in [0.15, 0.2) is 0 Å². The molecule has 2 bridgehead atoms. The minimum absolute atomic E-state index is 0. The molecule has 0 radical (unpaired) electrons. The highest BCUT2D eigenvalue weighted by Gasteiger charge is 2.62. The van der Waals surface area contributed by atoms with Gasteiger partial charge in [-0.15, -0.1) is 12.4 Å². The van der Waals surface area contributed by atoms with E-state index < -0.39 is 11.8 Å². The molecule has 4 atom stereocenters. The van der Waals surface area contributed by atoms with Crippen molar-refractivity contribution in [2.45, 2.75) is 38.0 Å². The molecular weight excluding hydrogens is 382 g/mol. The van der Waals surface area contributed by atoms with E-state index in [0.717, 1.165) is 23.3 Å². The molecule has 0 spiro atoms. The van der Waals surface area contributed by atoms with Crippen molar-refractivity contribution in [2.75, 3.05) is 19.6 Å². The summed E-state index contributed by atoms with van der Waals surface area (Å²) in [6.07, 6.45) is 2.00. The molecule has 3 saturated heterocycles. The molecule has 3 amide bonds. The molecule has 1 aromatic rings. The summed E-state index contributed by atoms with van der Waals surface area (Å²) in [5, 5.41) is 0. The van der Waals surface area contributed by atoms with Gasteiger partial charge in [-0.3, -0.25) is 19.3 Å². The number of benzene rings is 1. The number of hydrogen-bond donors (Lipinski definition) is 1. The maximum Gasteiger partial charge on any atom is 0.243 e. The molecular formula is C20H26ClN3O4. The number of ether oxygens (including phenoxy) is 1. The lowest BCUT2D eigenvalue weighted by atomic mass is 9.81. The maximum absolute atomic E-state index is 12.9. The summed E-state index contributed by atoms with van der Waals surface area (Å²) in [4.78, 5) is 41.3. The lowest BCUT2D eigenvalue weighted by Gasteiger charge is -2.25. The molecule has 3 aliphatic rings. The van der Waals surface area contributed by atoms with E-state index in [1.165, 1.54) is 0 Å². The average molecular weight is 408 g/mol. The molecule has 28 heavy (non-hydrogen) atoms. The lowest BCUT2D eigenvalue weighted by molar-refractivity contribution is -0.148. The topological polar surface area (TPSA) is 92.9 Å². The molecule has 0 saturated carbocycles. The van der Waals surface area contributed by atoms with E-state index in [4.69, 9.17) is 10.5 Å². The molecule has 3 fully saturated rings. The maximum atomic E-state index is 12.9. The first kappa shape index (κ1) is 20.8. The van der Waals surface area contributed by atoms with E-state index in [0.29, 0.717) is 26.1 Å². The van der Waals surface area contributed by atoms with E-state index in [-0.39, 0.29) is 48.9 Å². The van der Waals surface area contributed by atoms with E-state index in [1.54, 1.807) is 4.90 Å². The van der Waals surface area contributed by atoms with E-state index in [2.05, 4.69) is 0 Å². The zero-order valence-corrected chi connectivity index (χ0v) is 16.5. The Morgan fingerprint density at radius 1 is 1.11 bits per heavy atom. The summed E-state index contributed by atoms with van der Waals surface area (Å²) in [5.41, 5.74) is 6.61. The van der Waals surface area contributed by atoms with Gasteiger partial charge in [-0.25, -0.2) is 0 Å². The van der Waals surface area contributed by atoms with Crippen LogP contribution in [0.5, 0.6) is 0 Å². The number of carbonyl (C=O) groups excluding carboxylic acids is 3. The Labute approximate surface area is 170 Å². The molecule has 3 heterocycles. The molecule has 0 aromatic heterocycles. The zero-order chi connectivity index (χ0) is 19.0. The predicted octanol–water partition coefficient (Wildman–Crippen LogP) is 0.948. The largest absolute Gasteiger partial charge is 0.373 e. The van der Waals surface area contributed by atoms with Gasteiger partial charge in [0, 0.05) is 13.1 Å². The Kier molecular flexibility index (Phi) is 6.37. The SMILES string of the molecule is Cl.NCCCN(Cc1ccccc1)C(=O)CN1C(=O)C2C3CCC(O3)C2C1=O. The van der Waals surface area contributed by atoms with Crippen LogP contribution in [0.15, 0.2) is 30.3 Å². The van der Waals surface area contributed by atoms with Gasteiger partial charge < -0.3 is 15.4 Å². The second kappa shape index (κ2) is 8.59. The van der Waals surface area contributed by atoms with Crippen LogP contribution in [0.3, 0.4) is 0 Å². The average Bonchev–Trinajstić information content (AvgIpc) is 3.36. The molecule has 1 aromatic carbocycles. The van der Waals surface area contributed by atoms with Crippen molar-refractivity contribution in [3.8, 4) is 0 Å². The predicted molar refractivity (Wildman–Crippen MR) is 104 cm³/mol.